The summed E-state index contributed by atoms with van der Waals surface area (Å²) in [7, 11) is 0. The first-order chi connectivity index (χ1) is 7.09. The van der Waals surface area contributed by atoms with Crippen molar-refractivity contribution in [3.8, 4) is 0 Å². The lowest BCUT2D eigenvalue weighted by atomic mass is 10.1. The van der Waals surface area contributed by atoms with Crippen LogP contribution in [0.5, 0.6) is 0 Å². The molecule has 1 aromatic rings. The summed E-state index contributed by atoms with van der Waals surface area (Å²) >= 11 is 0. The molecule has 0 aliphatic carbocycles. The molecule has 3 N–H and O–H groups in total. The van der Waals surface area contributed by atoms with E-state index in [1.54, 1.807) is 6.20 Å². The van der Waals surface area contributed by atoms with Crippen LogP contribution in [0.15, 0.2) is 6.20 Å². The normalized spacial score (nSPS) is 18.7. The number of pyridine rings is 1. The molecule has 1 unspecified atom stereocenters. The number of rotatable bonds is 1. The summed E-state index contributed by atoms with van der Waals surface area (Å²) in [6, 6.07) is 0. The zero-order valence-electron chi connectivity index (χ0n) is 8.70. The zero-order chi connectivity index (χ0) is 11.0. The van der Waals surface area contributed by atoms with Crippen molar-refractivity contribution in [2.45, 2.75) is 26.6 Å². The minimum atomic E-state index is -0.122. The molecule has 5 nitrogen and oxygen atoms in total. The van der Waals surface area contributed by atoms with E-state index in [1.807, 2.05) is 6.92 Å². The Morgan fingerprint density at radius 3 is 3.13 bits per heavy atom. The van der Waals surface area contributed by atoms with Crippen LogP contribution in [0.25, 0.3) is 0 Å². The van der Waals surface area contributed by atoms with Crippen molar-refractivity contribution in [2.75, 3.05) is 11.1 Å². The average Bonchev–Trinajstić information content (AvgIpc) is 2.53. The summed E-state index contributed by atoms with van der Waals surface area (Å²) < 4.78 is 5.46. The highest BCUT2D eigenvalue weighted by Crippen LogP contribution is 2.37. The number of nitrogen functional groups attached to an aromatic ring is 1. The van der Waals surface area contributed by atoms with Crippen molar-refractivity contribution in [2.24, 2.45) is 0 Å². The first kappa shape index (κ1) is 9.92. The van der Waals surface area contributed by atoms with E-state index in [1.165, 1.54) is 6.92 Å². The third-order valence-electron chi connectivity index (χ3n) is 2.45. The third-order valence-corrected chi connectivity index (χ3v) is 2.45. The van der Waals surface area contributed by atoms with E-state index < -0.39 is 0 Å². The van der Waals surface area contributed by atoms with Gasteiger partial charge in [0.05, 0.1) is 24.6 Å². The van der Waals surface area contributed by atoms with Crippen molar-refractivity contribution in [1.29, 1.82) is 0 Å². The second-order valence-corrected chi connectivity index (χ2v) is 3.58. The monoisotopic (exact) mass is 207 g/mol. The lowest BCUT2D eigenvalue weighted by molar-refractivity contribution is -0.114. The van der Waals surface area contributed by atoms with Crippen molar-refractivity contribution in [1.82, 2.24) is 4.98 Å². The molecular formula is C10H13N3O2. The summed E-state index contributed by atoms with van der Waals surface area (Å²) in [6.45, 7) is 3.85. The van der Waals surface area contributed by atoms with Crippen molar-refractivity contribution in [3.05, 3.63) is 17.3 Å². The molecule has 0 saturated carbocycles. The van der Waals surface area contributed by atoms with Crippen molar-refractivity contribution < 1.29 is 9.53 Å². The quantitative estimate of drug-likeness (QED) is 0.725. The van der Waals surface area contributed by atoms with E-state index in [0.29, 0.717) is 18.1 Å². The van der Waals surface area contributed by atoms with E-state index in [4.69, 9.17) is 10.5 Å². The second kappa shape index (κ2) is 3.51. The predicted octanol–water partition coefficient (Wildman–Crippen LogP) is 1.21. The molecule has 0 radical (unpaired) electrons. The number of nitrogens with zero attached hydrogens (tertiary/aromatic N) is 1. The molecule has 1 aliphatic rings. The number of nitrogens with two attached hydrogens (primary N) is 1. The Morgan fingerprint density at radius 1 is 1.73 bits per heavy atom. The standard InChI is InChI=1S/C10H13N3O2/c1-5-9-7(4-15-5)8(13-6(2)14)3-12-10(9)11/h3,5H,4H2,1-2H3,(H2,11,12)(H,13,14). The van der Waals surface area contributed by atoms with Crippen LogP contribution in [0, 0.1) is 0 Å². The molecule has 0 aromatic carbocycles. The molecule has 1 amide bonds. The molecule has 15 heavy (non-hydrogen) atoms. The maximum absolute atomic E-state index is 11.0. The van der Waals surface area contributed by atoms with Gasteiger partial charge < -0.3 is 15.8 Å². The van der Waals surface area contributed by atoms with Crippen molar-refractivity contribution >= 4 is 17.4 Å². The molecule has 0 saturated heterocycles. The van der Waals surface area contributed by atoms with Crippen LogP contribution in [-0.2, 0) is 16.1 Å². The van der Waals surface area contributed by atoms with E-state index >= 15 is 0 Å². The molecule has 0 bridgehead atoms. The third kappa shape index (κ3) is 1.66. The minimum absolute atomic E-state index is 0.0544. The SMILES string of the molecule is CC(=O)Nc1cnc(N)c2c1COC2C. The summed E-state index contributed by atoms with van der Waals surface area (Å²) in [6.07, 6.45) is 1.51. The molecule has 1 aliphatic heterocycles. The highest BCUT2D eigenvalue weighted by Gasteiger charge is 2.25. The Kier molecular flexibility index (Phi) is 2.32. The fourth-order valence-electron chi connectivity index (χ4n) is 1.78. The number of hydrogen-bond donors (Lipinski definition) is 2. The zero-order valence-corrected chi connectivity index (χ0v) is 8.70. The minimum Gasteiger partial charge on any atom is -0.383 e. The largest absolute Gasteiger partial charge is 0.383 e. The predicted molar refractivity (Wildman–Crippen MR) is 56.2 cm³/mol. The maximum atomic E-state index is 11.0. The number of amides is 1. The number of hydrogen-bond acceptors (Lipinski definition) is 4. The summed E-state index contributed by atoms with van der Waals surface area (Å²) in [5.74, 6) is 0.354. The average molecular weight is 207 g/mol. The molecular weight excluding hydrogens is 194 g/mol. The van der Waals surface area contributed by atoms with E-state index in [-0.39, 0.29) is 12.0 Å². The molecule has 0 spiro atoms. The number of carbonyl (C=O) groups is 1. The van der Waals surface area contributed by atoms with Gasteiger partial charge in [-0.1, -0.05) is 0 Å². The number of anilines is 2. The van der Waals surface area contributed by atoms with Crippen LogP contribution in [0.4, 0.5) is 11.5 Å². The molecule has 5 heteroatoms. The molecule has 1 aromatic heterocycles. The van der Waals surface area contributed by atoms with E-state index in [2.05, 4.69) is 10.3 Å². The summed E-state index contributed by atoms with van der Waals surface area (Å²) in [5.41, 5.74) is 8.27. The molecule has 0 fully saturated rings. The van der Waals surface area contributed by atoms with Crippen LogP contribution in [0.2, 0.25) is 0 Å². The van der Waals surface area contributed by atoms with Crippen LogP contribution >= 0.6 is 0 Å². The topological polar surface area (TPSA) is 77.2 Å². The number of fused-ring (bicyclic) bond motifs is 1. The summed E-state index contributed by atoms with van der Waals surface area (Å²) in [4.78, 5) is 15.0. The van der Waals surface area contributed by atoms with Gasteiger partial charge in [0, 0.05) is 18.1 Å². The van der Waals surface area contributed by atoms with Gasteiger partial charge in [-0.15, -0.1) is 0 Å². The fourth-order valence-corrected chi connectivity index (χ4v) is 1.78. The number of nitrogens with one attached hydrogen (secondary N) is 1. The molecule has 1 atom stereocenters. The Bertz CT molecular complexity index is 417. The number of ether oxygens (including phenoxy) is 1. The molecule has 80 valence electrons. The van der Waals surface area contributed by atoms with E-state index in [9.17, 15) is 4.79 Å². The van der Waals surface area contributed by atoms with Gasteiger partial charge in [-0.05, 0) is 6.92 Å². The van der Waals surface area contributed by atoms with Gasteiger partial charge in [0.25, 0.3) is 0 Å². The molecule has 2 rings (SSSR count). The number of carbonyl (C=O) groups excluding carboxylic acids is 1. The van der Waals surface area contributed by atoms with Gasteiger partial charge in [0.2, 0.25) is 5.91 Å². The van der Waals surface area contributed by atoms with Crippen LogP contribution in [0.1, 0.15) is 31.1 Å². The first-order valence-electron chi connectivity index (χ1n) is 4.76. The highest BCUT2D eigenvalue weighted by atomic mass is 16.5. The van der Waals surface area contributed by atoms with Gasteiger partial charge in [0.1, 0.15) is 5.82 Å². The maximum Gasteiger partial charge on any atom is 0.221 e. The lowest BCUT2D eigenvalue weighted by Crippen LogP contribution is -2.10. The first-order valence-corrected chi connectivity index (χ1v) is 4.76. The van der Waals surface area contributed by atoms with Gasteiger partial charge in [-0.3, -0.25) is 4.79 Å². The van der Waals surface area contributed by atoms with Gasteiger partial charge in [-0.25, -0.2) is 4.98 Å². The lowest BCUT2D eigenvalue weighted by Gasteiger charge is -2.09. The van der Waals surface area contributed by atoms with Gasteiger partial charge >= 0.3 is 0 Å². The van der Waals surface area contributed by atoms with E-state index in [0.717, 1.165) is 11.1 Å². The highest BCUT2D eigenvalue weighted by molar-refractivity contribution is 5.90. The van der Waals surface area contributed by atoms with Crippen molar-refractivity contribution in [3.63, 3.8) is 0 Å². The second-order valence-electron chi connectivity index (χ2n) is 3.58. The van der Waals surface area contributed by atoms with Crippen LogP contribution in [-0.4, -0.2) is 10.9 Å². The van der Waals surface area contributed by atoms with Crippen LogP contribution in [0.3, 0.4) is 0 Å². The Hall–Kier alpha value is -1.62. The Morgan fingerprint density at radius 2 is 2.47 bits per heavy atom. The van der Waals surface area contributed by atoms with Gasteiger partial charge in [-0.2, -0.15) is 0 Å². The molecule has 2 heterocycles. The Labute approximate surface area is 87.6 Å². The van der Waals surface area contributed by atoms with Crippen LogP contribution < -0.4 is 11.1 Å². The smallest absolute Gasteiger partial charge is 0.221 e. The number of aromatic nitrogens is 1. The Balaban J connectivity index is 2.47. The fraction of sp³-hybridized carbons (Fsp3) is 0.400. The van der Waals surface area contributed by atoms with Gasteiger partial charge in [0.15, 0.2) is 0 Å². The summed E-state index contributed by atoms with van der Waals surface area (Å²) in [5, 5.41) is 2.72.